The summed E-state index contributed by atoms with van der Waals surface area (Å²) in [7, 11) is 0. The van der Waals surface area contributed by atoms with E-state index in [0.717, 1.165) is 49.9 Å². The molecule has 0 aliphatic rings. The van der Waals surface area contributed by atoms with E-state index in [2.05, 4.69) is 52.5 Å². The van der Waals surface area contributed by atoms with Gasteiger partial charge in [0.1, 0.15) is 17.7 Å². The average molecular weight is 544 g/mol. The fourth-order valence-electron chi connectivity index (χ4n) is 5.35. The first kappa shape index (κ1) is 26.3. The van der Waals surface area contributed by atoms with E-state index < -0.39 is 0 Å². The number of H-pyrrole nitrogens is 1. The first-order valence-electron chi connectivity index (χ1n) is 13.5. The van der Waals surface area contributed by atoms with Crippen LogP contribution in [0.3, 0.4) is 0 Å². The minimum absolute atomic E-state index is 0.0454. The molecule has 0 aliphatic carbocycles. The SMILES string of the molecule is C=CCn1c(-c2nc3ccc(C(=C(C#N)C#N)c4ccccc4)cc3[nH]2)cc2cc(-c3ccc(C(C)=O)cc3)ccc21. The lowest BCUT2D eigenvalue weighted by Crippen LogP contribution is -1.98. The van der Waals surface area contributed by atoms with Crippen LogP contribution in [-0.2, 0) is 6.54 Å². The largest absolute Gasteiger partial charge is 0.337 e. The first-order chi connectivity index (χ1) is 20.5. The molecule has 0 radical (unpaired) electrons. The van der Waals surface area contributed by atoms with E-state index in [9.17, 15) is 15.3 Å². The van der Waals surface area contributed by atoms with E-state index in [0.29, 0.717) is 23.5 Å². The Morgan fingerprint density at radius 1 is 0.881 bits per heavy atom. The van der Waals surface area contributed by atoms with Crippen LogP contribution < -0.4 is 0 Å². The van der Waals surface area contributed by atoms with Crippen molar-refractivity contribution in [1.82, 2.24) is 14.5 Å². The standard InChI is InChI=1S/C36H25N5O/c1-3-17-41-33-16-14-27(25-11-9-24(10-12-25)23(2)42)18-29(33)20-34(41)36-39-31-15-13-28(19-32(31)40-36)35(30(21-37)22-38)26-7-5-4-6-8-26/h3-16,18-20H,1,17H2,2H3,(H,39,40). The number of nitriles is 2. The zero-order chi connectivity index (χ0) is 29.2. The maximum atomic E-state index is 11.7. The molecular formula is C36H25N5O. The molecule has 2 aromatic heterocycles. The second-order valence-corrected chi connectivity index (χ2v) is 9.99. The Kier molecular flexibility index (Phi) is 6.80. The molecule has 0 aliphatic heterocycles. The van der Waals surface area contributed by atoms with Gasteiger partial charge in [-0.15, -0.1) is 6.58 Å². The molecule has 6 aromatic rings. The number of aromatic nitrogens is 3. The zero-order valence-corrected chi connectivity index (χ0v) is 22.9. The van der Waals surface area contributed by atoms with Crippen molar-refractivity contribution in [2.24, 2.45) is 0 Å². The Morgan fingerprint density at radius 3 is 2.29 bits per heavy atom. The quantitative estimate of drug-likeness (QED) is 0.125. The summed E-state index contributed by atoms with van der Waals surface area (Å²) >= 11 is 0. The Bertz CT molecular complexity index is 2100. The number of hydrogen-bond acceptors (Lipinski definition) is 4. The fraction of sp³-hybridized carbons (Fsp3) is 0.0556. The van der Waals surface area contributed by atoms with Gasteiger partial charge in [0.05, 0.1) is 16.7 Å². The van der Waals surface area contributed by atoms with Gasteiger partial charge in [-0.2, -0.15) is 10.5 Å². The van der Waals surface area contributed by atoms with Gasteiger partial charge in [0.2, 0.25) is 0 Å². The van der Waals surface area contributed by atoms with Crippen molar-refractivity contribution in [2.45, 2.75) is 13.5 Å². The van der Waals surface area contributed by atoms with E-state index in [1.807, 2.05) is 78.9 Å². The van der Waals surface area contributed by atoms with Crippen molar-refractivity contribution in [3.05, 3.63) is 132 Å². The second kappa shape index (κ2) is 10.9. The molecule has 0 fully saturated rings. The lowest BCUT2D eigenvalue weighted by molar-refractivity contribution is 0.101. The molecule has 200 valence electrons. The maximum Gasteiger partial charge on any atom is 0.159 e. The Labute approximate surface area is 243 Å². The minimum Gasteiger partial charge on any atom is -0.337 e. The predicted molar refractivity (Wildman–Crippen MR) is 166 cm³/mol. The molecule has 0 saturated heterocycles. The van der Waals surface area contributed by atoms with Crippen LogP contribution in [0.15, 0.2) is 115 Å². The molecule has 42 heavy (non-hydrogen) atoms. The number of aromatic amines is 1. The number of imidazole rings is 1. The fourth-order valence-corrected chi connectivity index (χ4v) is 5.35. The summed E-state index contributed by atoms with van der Waals surface area (Å²) in [5.41, 5.74) is 8.52. The van der Waals surface area contributed by atoms with Gasteiger partial charge in [-0.25, -0.2) is 4.98 Å². The van der Waals surface area contributed by atoms with Gasteiger partial charge in [-0.3, -0.25) is 4.79 Å². The third-order valence-electron chi connectivity index (χ3n) is 7.39. The van der Waals surface area contributed by atoms with Gasteiger partial charge in [-0.05, 0) is 59.5 Å². The van der Waals surface area contributed by atoms with Gasteiger partial charge >= 0.3 is 0 Å². The molecule has 6 heteroatoms. The molecule has 1 N–H and O–H groups in total. The molecule has 2 heterocycles. The molecule has 0 saturated carbocycles. The van der Waals surface area contributed by atoms with Gasteiger partial charge in [0.15, 0.2) is 11.6 Å². The number of rotatable bonds is 7. The monoisotopic (exact) mass is 543 g/mol. The lowest BCUT2D eigenvalue weighted by Gasteiger charge is -2.08. The average Bonchev–Trinajstić information content (AvgIpc) is 3.61. The van der Waals surface area contributed by atoms with Crippen molar-refractivity contribution in [1.29, 1.82) is 10.5 Å². The molecular weight excluding hydrogens is 518 g/mol. The number of ketones is 1. The molecule has 4 aromatic carbocycles. The number of carbonyl (C=O) groups excluding carboxylic acids is 1. The number of carbonyl (C=O) groups is 1. The molecule has 6 nitrogen and oxygen atoms in total. The van der Waals surface area contributed by atoms with E-state index >= 15 is 0 Å². The van der Waals surface area contributed by atoms with Crippen molar-refractivity contribution in [2.75, 3.05) is 0 Å². The van der Waals surface area contributed by atoms with Gasteiger partial charge in [-0.1, -0.05) is 72.8 Å². The second-order valence-electron chi connectivity index (χ2n) is 9.99. The van der Waals surface area contributed by atoms with Crippen molar-refractivity contribution >= 4 is 33.3 Å². The van der Waals surface area contributed by atoms with Crippen LogP contribution in [0.1, 0.15) is 28.4 Å². The van der Waals surface area contributed by atoms with Crippen molar-refractivity contribution < 1.29 is 4.79 Å². The van der Waals surface area contributed by atoms with Crippen LogP contribution in [0, 0.1) is 22.7 Å². The highest BCUT2D eigenvalue weighted by atomic mass is 16.1. The molecule has 0 unspecified atom stereocenters. The third kappa shape index (κ3) is 4.68. The van der Waals surface area contributed by atoms with Crippen LogP contribution in [0.4, 0.5) is 0 Å². The highest BCUT2D eigenvalue weighted by molar-refractivity contribution is 5.95. The summed E-state index contributed by atoms with van der Waals surface area (Å²) in [6, 6.07) is 35.4. The molecule has 0 atom stereocenters. The summed E-state index contributed by atoms with van der Waals surface area (Å²) in [4.78, 5) is 20.1. The number of allylic oxidation sites excluding steroid dienone is 2. The third-order valence-corrected chi connectivity index (χ3v) is 7.39. The molecule has 0 spiro atoms. The highest BCUT2D eigenvalue weighted by Gasteiger charge is 2.17. The zero-order valence-electron chi connectivity index (χ0n) is 22.9. The van der Waals surface area contributed by atoms with Gasteiger partial charge in [0, 0.05) is 28.6 Å². The molecule has 0 amide bonds. The number of Topliss-reactive ketones (excluding diaryl/α,β-unsaturated/α-hetero) is 1. The predicted octanol–water partition coefficient (Wildman–Crippen LogP) is 8.09. The van der Waals surface area contributed by atoms with E-state index in [-0.39, 0.29) is 11.4 Å². The Balaban J connectivity index is 1.45. The Hall–Kier alpha value is -5.98. The van der Waals surface area contributed by atoms with Crippen LogP contribution in [0.2, 0.25) is 0 Å². The van der Waals surface area contributed by atoms with Gasteiger partial charge < -0.3 is 9.55 Å². The summed E-state index contributed by atoms with van der Waals surface area (Å²) < 4.78 is 2.17. The summed E-state index contributed by atoms with van der Waals surface area (Å²) in [6.45, 7) is 6.13. The van der Waals surface area contributed by atoms with Crippen LogP contribution >= 0.6 is 0 Å². The lowest BCUT2D eigenvalue weighted by atomic mass is 9.93. The van der Waals surface area contributed by atoms with Crippen molar-refractivity contribution in [3.8, 4) is 34.8 Å². The summed E-state index contributed by atoms with van der Waals surface area (Å²) in [5, 5.41) is 20.4. The van der Waals surface area contributed by atoms with E-state index in [4.69, 9.17) is 4.98 Å². The van der Waals surface area contributed by atoms with Crippen LogP contribution in [0.5, 0.6) is 0 Å². The van der Waals surface area contributed by atoms with Crippen molar-refractivity contribution in [3.63, 3.8) is 0 Å². The maximum absolute atomic E-state index is 11.7. The molecule has 6 rings (SSSR count). The Morgan fingerprint density at radius 2 is 1.60 bits per heavy atom. The summed E-state index contributed by atoms with van der Waals surface area (Å²) in [5.74, 6) is 0.752. The van der Waals surface area contributed by atoms with E-state index in [1.165, 1.54) is 0 Å². The number of benzene rings is 4. The smallest absolute Gasteiger partial charge is 0.159 e. The van der Waals surface area contributed by atoms with E-state index in [1.54, 1.807) is 6.92 Å². The summed E-state index contributed by atoms with van der Waals surface area (Å²) in [6.07, 6.45) is 1.86. The van der Waals surface area contributed by atoms with Gasteiger partial charge in [0.25, 0.3) is 0 Å². The number of fused-ring (bicyclic) bond motifs is 2. The highest BCUT2D eigenvalue weighted by Crippen LogP contribution is 2.33. The normalized spacial score (nSPS) is 10.7. The molecule has 0 bridgehead atoms. The minimum atomic E-state index is 0.0454. The number of nitrogens with one attached hydrogen (secondary N) is 1. The topological polar surface area (TPSA) is 98.3 Å². The number of hydrogen-bond donors (Lipinski definition) is 1. The first-order valence-corrected chi connectivity index (χ1v) is 13.5. The number of nitrogens with zero attached hydrogens (tertiary/aromatic N) is 4. The van der Waals surface area contributed by atoms with Crippen LogP contribution in [0.25, 0.3) is 50.2 Å². The van der Waals surface area contributed by atoms with Crippen LogP contribution in [-0.4, -0.2) is 20.3 Å².